The Morgan fingerprint density at radius 3 is 2.85 bits per heavy atom. The predicted octanol–water partition coefficient (Wildman–Crippen LogP) is 3.90. The van der Waals surface area contributed by atoms with Crippen LogP contribution < -0.4 is 9.47 Å². The van der Waals surface area contributed by atoms with E-state index in [1.807, 2.05) is 25.1 Å². The van der Waals surface area contributed by atoms with Gasteiger partial charge in [0.05, 0.1) is 5.69 Å². The van der Waals surface area contributed by atoms with E-state index < -0.39 is 0 Å². The quantitative estimate of drug-likeness (QED) is 0.703. The highest BCUT2D eigenvalue weighted by Gasteiger charge is 2.16. The third-order valence-corrected chi connectivity index (χ3v) is 4.67. The van der Waals surface area contributed by atoms with E-state index in [4.69, 9.17) is 21.1 Å². The normalized spacial score (nSPS) is 13.0. The van der Waals surface area contributed by atoms with Crippen molar-refractivity contribution in [3.63, 3.8) is 0 Å². The van der Waals surface area contributed by atoms with Gasteiger partial charge < -0.3 is 14.4 Å². The number of hydrogen-bond acceptors (Lipinski definition) is 4. The fourth-order valence-electron chi connectivity index (χ4n) is 2.90. The second kappa shape index (κ2) is 8.05. The number of amides is 1. The Labute approximate surface area is 164 Å². The molecule has 2 aromatic rings. The minimum atomic E-state index is -0.111. The Bertz CT molecular complexity index is 874. The average Bonchev–Trinajstić information content (AvgIpc) is 3.17. The number of likely N-dealkylation sites (N-methyl/N-ethyl adjacent to an activating group) is 1. The molecule has 6 nitrogen and oxygen atoms in total. The van der Waals surface area contributed by atoms with Crippen molar-refractivity contribution in [1.82, 2.24) is 14.7 Å². The number of carbonyl (C=O) groups excluding carboxylic acids is 1. The fraction of sp³-hybridized carbons (Fsp3) is 0.400. The maximum Gasteiger partial charge on any atom is 0.246 e. The SMILES string of the molecule is Cc1nn(CC(C)C)c(Cl)c1/C=C/C(=O)N(C)Cc1ccc2c(c1)OCO2. The van der Waals surface area contributed by atoms with Crippen molar-refractivity contribution in [2.24, 2.45) is 5.92 Å². The summed E-state index contributed by atoms with van der Waals surface area (Å²) < 4.78 is 12.5. The van der Waals surface area contributed by atoms with Gasteiger partial charge in [-0.1, -0.05) is 31.5 Å². The standard InChI is InChI=1S/C20H24ClN3O3/c1-13(2)10-24-20(21)16(14(3)22-24)6-8-19(25)23(4)11-15-5-7-17-18(9-15)27-12-26-17/h5-9,13H,10-12H2,1-4H3/b8-6+. The summed E-state index contributed by atoms with van der Waals surface area (Å²) in [5.74, 6) is 1.77. The van der Waals surface area contributed by atoms with Crippen LogP contribution in [-0.2, 0) is 17.9 Å². The monoisotopic (exact) mass is 389 g/mol. The molecule has 0 N–H and O–H groups in total. The largest absolute Gasteiger partial charge is 0.454 e. The molecule has 0 bridgehead atoms. The van der Waals surface area contributed by atoms with Crippen molar-refractivity contribution in [2.75, 3.05) is 13.8 Å². The second-order valence-corrected chi connectivity index (χ2v) is 7.44. The molecule has 1 aromatic carbocycles. The van der Waals surface area contributed by atoms with Gasteiger partial charge in [-0.2, -0.15) is 5.10 Å². The van der Waals surface area contributed by atoms with Gasteiger partial charge in [0.1, 0.15) is 5.15 Å². The molecule has 0 spiro atoms. The number of fused-ring (bicyclic) bond motifs is 1. The maximum atomic E-state index is 12.5. The Kier molecular flexibility index (Phi) is 5.75. The van der Waals surface area contributed by atoms with E-state index in [0.717, 1.165) is 29.1 Å². The van der Waals surface area contributed by atoms with Crippen LogP contribution in [0.2, 0.25) is 5.15 Å². The van der Waals surface area contributed by atoms with E-state index in [1.54, 1.807) is 22.7 Å². The van der Waals surface area contributed by atoms with Crippen molar-refractivity contribution in [3.8, 4) is 11.5 Å². The molecule has 0 aliphatic carbocycles. The first-order chi connectivity index (χ1) is 12.8. The topological polar surface area (TPSA) is 56.6 Å². The van der Waals surface area contributed by atoms with Crippen LogP contribution in [0.1, 0.15) is 30.7 Å². The first-order valence-electron chi connectivity index (χ1n) is 8.89. The van der Waals surface area contributed by atoms with Crippen molar-refractivity contribution < 1.29 is 14.3 Å². The molecule has 1 aliphatic rings. The molecule has 3 rings (SSSR count). The van der Waals surface area contributed by atoms with Crippen molar-refractivity contribution in [2.45, 2.75) is 33.9 Å². The average molecular weight is 390 g/mol. The number of halogens is 1. The molecule has 0 unspecified atom stereocenters. The van der Waals surface area contributed by atoms with E-state index >= 15 is 0 Å². The highest BCUT2D eigenvalue weighted by Crippen LogP contribution is 2.32. The fourth-order valence-corrected chi connectivity index (χ4v) is 3.20. The number of carbonyl (C=O) groups is 1. The summed E-state index contributed by atoms with van der Waals surface area (Å²) in [5, 5.41) is 5.02. The van der Waals surface area contributed by atoms with E-state index in [2.05, 4.69) is 18.9 Å². The molecule has 1 aromatic heterocycles. The molecule has 0 fully saturated rings. The lowest BCUT2D eigenvalue weighted by Gasteiger charge is -2.15. The lowest BCUT2D eigenvalue weighted by molar-refractivity contribution is -0.125. The van der Waals surface area contributed by atoms with E-state index in [-0.39, 0.29) is 12.7 Å². The van der Waals surface area contributed by atoms with Crippen LogP contribution in [0, 0.1) is 12.8 Å². The summed E-state index contributed by atoms with van der Waals surface area (Å²) >= 11 is 6.42. The van der Waals surface area contributed by atoms with Gasteiger partial charge in [0.25, 0.3) is 0 Å². The zero-order chi connectivity index (χ0) is 19.6. The molecule has 7 heteroatoms. The van der Waals surface area contributed by atoms with Gasteiger partial charge >= 0.3 is 0 Å². The number of aromatic nitrogens is 2. The molecule has 1 amide bonds. The van der Waals surface area contributed by atoms with Crippen molar-refractivity contribution >= 4 is 23.6 Å². The smallest absolute Gasteiger partial charge is 0.246 e. The van der Waals surface area contributed by atoms with Crippen molar-refractivity contribution in [3.05, 3.63) is 46.2 Å². The van der Waals surface area contributed by atoms with Crippen LogP contribution in [0.4, 0.5) is 0 Å². The van der Waals surface area contributed by atoms with Gasteiger partial charge in [-0.25, -0.2) is 0 Å². The number of benzene rings is 1. The third kappa shape index (κ3) is 4.45. The second-order valence-electron chi connectivity index (χ2n) is 7.08. The van der Waals surface area contributed by atoms with Gasteiger partial charge in [0.2, 0.25) is 12.7 Å². The number of ether oxygens (including phenoxy) is 2. The van der Waals surface area contributed by atoms with Crippen LogP contribution in [0.15, 0.2) is 24.3 Å². The summed E-state index contributed by atoms with van der Waals surface area (Å²) in [6.07, 6.45) is 3.27. The highest BCUT2D eigenvalue weighted by molar-refractivity contribution is 6.31. The summed E-state index contributed by atoms with van der Waals surface area (Å²) in [5.41, 5.74) is 2.56. The first-order valence-corrected chi connectivity index (χ1v) is 9.27. The van der Waals surface area contributed by atoms with Crippen LogP contribution in [0.3, 0.4) is 0 Å². The number of nitrogens with zero attached hydrogens (tertiary/aromatic N) is 3. The molecule has 0 saturated carbocycles. The van der Waals surface area contributed by atoms with Crippen LogP contribution >= 0.6 is 11.6 Å². The maximum absolute atomic E-state index is 12.5. The van der Waals surface area contributed by atoms with Gasteiger partial charge in [-0.05, 0) is 36.6 Å². The summed E-state index contributed by atoms with van der Waals surface area (Å²) in [4.78, 5) is 14.1. The van der Waals surface area contributed by atoms with Crippen LogP contribution in [0.25, 0.3) is 6.08 Å². The van der Waals surface area contributed by atoms with E-state index in [0.29, 0.717) is 23.4 Å². The lowest BCUT2D eigenvalue weighted by atomic mass is 10.2. The Morgan fingerprint density at radius 2 is 2.11 bits per heavy atom. The minimum Gasteiger partial charge on any atom is -0.454 e. The molecule has 27 heavy (non-hydrogen) atoms. The van der Waals surface area contributed by atoms with Crippen LogP contribution in [-0.4, -0.2) is 34.4 Å². The molecular formula is C20H24ClN3O3. The summed E-state index contributed by atoms with van der Waals surface area (Å²) in [6.45, 7) is 7.56. The Hall–Kier alpha value is -2.47. The summed E-state index contributed by atoms with van der Waals surface area (Å²) in [6, 6.07) is 5.68. The molecule has 144 valence electrons. The third-order valence-electron chi connectivity index (χ3n) is 4.27. The summed E-state index contributed by atoms with van der Waals surface area (Å²) in [7, 11) is 1.76. The molecular weight excluding hydrogens is 366 g/mol. The van der Waals surface area contributed by atoms with E-state index in [9.17, 15) is 4.79 Å². The van der Waals surface area contributed by atoms with Gasteiger partial charge in [0.15, 0.2) is 11.5 Å². The zero-order valence-electron chi connectivity index (χ0n) is 16.0. The van der Waals surface area contributed by atoms with Gasteiger partial charge in [-0.3, -0.25) is 9.48 Å². The zero-order valence-corrected chi connectivity index (χ0v) is 16.8. The Balaban J connectivity index is 1.67. The molecule has 1 aliphatic heterocycles. The van der Waals surface area contributed by atoms with Crippen LogP contribution in [0.5, 0.6) is 11.5 Å². The molecule has 0 saturated heterocycles. The Morgan fingerprint density at radius 1 is 1.37 bits per heavy atom. The van der Waals surface area contributed by atoms with Gasteiger partial charge in [-0.15, -0.1) is 0 Å². The number of hydrogen-bond donors (Lipinski definition) is 0. The first kappa shape index (κ1) is 19.3. The van der Waals surface area contributed by atoms with Crippen molar-refractivity contribution in [1.29, 1.82) is 0 Å². The molecule has 0 radical (unpaired) electrons. The predicted molar refractivity (Wildman–Crippen MR) is 105 cm³/mol. The highest BCUT2D eigenvalue weighted by atomic mass is 35.5. The van der Waals surface area contributed by atoms with E-state index in [1.165, 1.54) is 6.08 Å². The minimum absolute atomic E-state index is 0.111. The molecule has 2 heterocycles. The lowest BCUT2D eigenvalue weighted by Crippen LogP contribution is -2.24. The number of aryl methyl sites for hydroxylation is 1. The van der Waals surface area contributed by atoms with Gasteiger partial charge in [0, 0.05) is 31.8 Å². The number of rotatable bonds is 6. The molecule has 0 atom stereocenters.